The summed E-state index contributed by atoms with van der Waals surface area (Å²) in [7, 11) is -2.12. The number of aliphatic hydroxyl groups excluding tert-OH is 1. The Morgan fingerprint density at radius 3 is 2.43 bits per heavy atom. The van der Waals surface area contributed by atoms with Crippen molar-refractivity contribution in [1.29, 1.82) is 0 Å². The highest BCUT2D eigenvalue weighted by molar-refractivity contribution is 7.89. The van der Waals surface area contributed by atoms with Crippen LogP contribution < -0.4 is 9.46 Å². The molecule has 0 spiro atoms. The summed E-state index contributed by atoms with van der Waals surface area (Å²) in [6.45, 7) is 8.25. The normalized spacial score (nSPS) is 12.7. The van der Waals surface area contributed by atoms with Crippen LogP contribution in [0, 0.1) is 11.3 Å². The Morgan fingerprint density at radius 1 is 1.33 bits per heavy atom. The summed E-state index contributed by atoms with van der Waals surface area (Å²) >= 11 is 0. The van der Waals surface area contributed by atoms with Gasteiger partial charge in [-0.1, -0.05) is 27.7 Å². The molecule has 1 aromatic carbocycles. The zero-order chi connectivity index (χ0) is 16.3. The van der Waals surface area contributed by atoms with Crippen molar-refractivity contribution in [2.24, 2.45) is 11.3 Å². The van der Waals surface area contributed by atoms with Crippen LogP contribution in [0.4, 0.5) is 0 Å². The van der Waals surface area contributed by atoms with E-state index < -0.39 is 10.0 Å². The monoisotopic (exact) mass is 315 g/mol. The molecule has 0 unspecified atom stereocenters. The molecule has 1 rings (SSSR count). The number of sulfonamides is 1. The largest absolute Gasteiger partial charge is 0.496 e. The maximum absolute atomic E-state index is 12.3. The zero-order valence-electron chi connectivity index (χ0n) is 13.3. The van der Waals surface area contributed by atoms with Gasteiger partial charge in [0, 0.05) is 12.1 Å². The molecule has 0 bridgehead atoms. The molecule has 0 aromatic heterocycles. The van der Waals surface area contributed by atoms with Crippen molar-refractivity contribution in [1.82, 2.24) is 4.72 Å². The number of nitrogens with one attached hydrogen (secondary N) is 1. The predicted molar refractivity (Wildman–Crippen MR) is 82.7 cm³/mol. The Balaban J connectivity index is 2.98. The highest BCUT2D eigenvalue weighted by Crippen LogP contribution is 2.26. The van der Waals surface area contributed by atoms with Crippen LogP contribution in [0.2, 0.25) is 0 Å². The van der Waals surface area contributed by atoms with E-state index in [-0.39, 0.29) is 16.9 Å². The first-order valence-corrected chi connectivity index (χ1v) is 8.40. The molecule has 0 heterocycles. The highest BCUT2D eigenvalue weighted by Gasteiger charge is 2.25. The fraction of sp³-hybridized carbons (Fsp3) is 0.600. The van der Waals surface area contributed by atoms with Crippen LogP contribution in [-0.4, -0.2) is 27.2 Å². The molecule has 0 fully saturated rings. The number of benzene rings is 1. The van der Waals surface area contributed by atoms with Gasteiger partial charge in [-0.25, -0.2) is 13.1 Å². The summed E-state index contributed by atoms with van der Waals surface area (Å²) in [6.07, 6.45) is 0. The molecule has 0 atom stereocenters. The fourth-order valence-electron chi connectivity index (χ4n) is 1.61. The fourth-order valence-corrected chi connectivity index (χ4v) is 2.89. The quantitative estimate of drug-likeness (QED) is 0.808. The van der Waals surface area contributed by atoms with Gasteiger partial charge in [0.25, 0.3) is 0 Å². The van der Waals surface area contributed by atoms with E-state index in [1.807, 2.05) is 13.8 Å². The number of methoxy groups -OCH3 is 1. The SMILES string of the molecule is COc1ccc(S(=O)(=O)NCC(C)(C)C(C)C)cc1CO. The lowest BCUT2D eigenvalue weighted by Crippen LogP contribution is -2.37. The van der Waals surface area contributed by atoms with E-state index in [0.717, 1.165) is 0 Å². The van der Waals surface area contributed by atoms with Gasteiger partial charge in [-0.3, -0.25) is 0 Å². The highest BCUT2D eigenvalue weighted by atomic mass is 32.2. The van der Waals surface area contributed by atoms with Crippen molar-refractivity contribution in [3.63, 3.8) is 0 Å². The number of ether oxygens (including phenoxy) is 1. The molecule has 1 aromatic rings. The average Bonchev–Trinajstić information content (AvgIpc) is 2.44. The molecule has 21 heavy (non-hydrogen) atoms. The topological polar surface area (TPSA) is 75.6 Å². The van der Waals surface area contributed by atoms with E-state index >= 15 is 0 Å². The van der Waals surface area contributed by atoms with Crippen LogP contribution in [0.25, 0.3) is 0 Å². The lowest BCUT2D eigenvalue weighted by Gasteiger charge is -2.29. The Kier molecular flexibility index (Phi) is 5.78. The molecule has 0 amide bonds. The Bertz CT molecular complexity index is 579. The summed E-state index contributed by atoms with van der Waals surface area (Å²) in [5, 5.41) is 9.28. The predicted octanol–water partition coefficient (Wildman–Crippen LogP) is 2.15. The van der Waals surface area contributed by atoms with Crippen molar-refractivity contribution < 1.29 is 18.3 Å². The van der Waals surface area contributed by atoms with Gasteiger partial charge in [0.05, 0.1) is 18.6 Å². The standard InChI is InChI=1S/C15H25NO4S/c1-11(2)15(3,4)10-16-21(18,19)13-6-7-14(20-5)12(8-13)9-17/h6-8,11,16-17H,9-10H2,1-5H3. The van der Waals surface area contributed by atoms with Crippen LogP contribution in [-0.2, 0) is 16.6 Å². The van der Waals surface area contributed by atoms with Crippen molar-refractivity contribution in [3.8, 4) is 5.75 Å². The van der Waals surface area contributed by atoms with Gasteiger partial charge in [0.2, 0.25) is 10.0 Å². The summed E-state index contributed by atoms with van der Waals surface area (Å²) in [5.41, 5.74) is 0.308. The maximum Gasteiger partial charge on any atom is 0.240 e. The lowest BCUT2D eigenvalue weighted by molar-refractivity contribution is 0.252. The van der Waals surface area contributed by atoms with E-state index in [2.05, 4.69) is 18.6 Å². The number of hydrogen-bond donors (Lipinski definition) is 2. The zero-order valence-corrected chi connectivity index (χ0v) is 14.1. The van der Waals surface area contributed by atoms with Gasteiger partial charge >= 0.3 is 0 Å². The van der Waals surface area contributed by atoms with E-state index in [1.54, 1.807) is 6.07 Å². The minimum atomic E-state index is -3.60. The molecule has 2 N–H and O–H groups in total. The molecule has 0 aliphatic heterocycles. The third kappa shape index (κ3) is 4.43. The third-order valence-electron chi connectivity index (χ3n) is 4.01. The van der Waals surface area contributed by atoms with E-state index in [1.165, 1.54) is 19.2 Å². The molecule has 120 valence electrons. The van der Waals surface area contributed by atoms with Crippen molar-refractivity contribution in [2.45, 2.75) is 39.2 Å². The van der Waals surface area contributed by atoms with Gasteiger partial charge in [0.15, 0.2) is 0 Å². The molecule has 0 aliphatic carbocycles. The molecule has 6 heteroatoms. The second kappa shape index (κ2) is 6.77. The molecular weight excluding hydrogens is 290 g/mol. The maximum atomic E-state index is 12.3. The summed E-state index contributed by atoms with van der Waals surface area (Å²) in [6, 6.07) is 4.46. The number of rotatable bonds is 7. The van der Waals surface area contributed by atoms with Crippen LogP contribution in [0.15, 0.2) is 23.1 Å². The van der Waals surface area contributed by atoms with Gasteiger partial charge in [-0.05, 0) is 29.5 Å². The molecule has 0 saturated carbocycles. The molecular formula is C15H25NO4S. The Labute approximate surface area is 127 Å². The minimum Gasteiger partial charge on any atom is -0.496 e. The Hall–Kier alpha value is -1.11. The Morgan fingerprint density at radius 2 is 1.95 bits per heavy atom. The number of aliphatic hydroxyl groups is 1. The first kappa shape index (κ1) is 17.9. The van der Waals surface area contributed by atoms with E-state index in [9.17, 15) is 13.5 Å². The van der Waals surface area contributed by atoms with Gasteiger partial charge in [-0.2, -0.15) is 0 Å². The summed E-state index contributed by atoms with van der Waals surface area (Å²) in [4.78, 5) is 0.131. The van der Waals surface area contributed by atoms with Gasteiger partial charge in [-0.15, -0.1) is 0 Å². The molecule has 0 aliphatic rings. The van der Waals surface area contributed by atoms with Crippen LogP contribution in [0.3, 0.4) is 0 Å². The summed E-state index contributed by atoms with van der Waals surface area (Å²) in [5.74, 6) is 0.822. The van der Waals surface area contributed by atoms with Gasteiger partial charge < -0.3 is 9.84 Å². The third-order valence-corrected chi connectivity index (χ3v) is 5.41. The van der Waals surface area contributed by atoms with E-state index in [0.29, 0.717) is 23.8 Å². The van der Waals surface area contributed by atoms with Crippen molar-refractivity contribution in [3.05, 3.63) is 23.8 Å². The van der Waals surface area contributed by atoms with Crippen LogP contribution in [0.1, 0.15) is 33.3 Å². The smallest absolute Gasteiger partial charge is 0.240 e. The second-order valence-electron chi connectivity index (χ2n) is 6.10. The lowest BCUT2D eigenvalue weighted by atomic mass is 9.81. The van der Waals surface area contributed by atoms with Crippen LogP contribution >= 0.6 is 0 Å². The number of hydrogen-bond acceptors (Lipinski definition) is 4. The molecule has 0 saturated heterocycles. The second-order valence-corrected chi connectivity index (χ2v) is 7.87. The molecule has 5 nitrogen and oxygen atoms in total. The van der Waals surface area contributed by atoms with Crippen LogP contribution in [0.5, 0.6) is 5.75 Å². The van der Waals surface area contributed by atoms with Gasteiger partial charge in [0.1, 0.15) is 5.75 Å². The first-order valence-electron chi connectivity index (χ1n) is 6.91. The first-order chi connectivity index (χ1) is 9.64. The molecule has 0 radical (unpaired) electrons. The summed E-state index contributed by atoms with van der Waals surface area (Å²) < 4.78 is 32.4. The minimum absolute atomic E-state index is 0.131. The average molecular weight is 315 g/mol. The van der Waals surface area contributed by atoms with E-state index in [4.69, 9.17) is 4.74 Å². The van der Waals surface area contributed by atoms with Crippen molar-refractivity contribution in [2.75, 3.05) is 13.7 Å². The van der Waals surface area contributed by atoms with Crippen molar-refractivity contribution >= 4 is 10.0 Å².